The first-order valence-corrected chi connectivity index (χ1v) is 6.67. The van der Waals surface area contributed by atoms with E-state index in [1.54, 1.807) is 31.2 Å². The van der Waals surface area contributed by atoms with Crippen molar-refractivity contribution < 1.29 is 9.18 Å². The van der Waals surface area contributed by atoms with E-state index in [0.717, 1.165) is 5.56 Å². The number of aryl methyl sites for hydroxylation is 1. The van der Waals surface area contributed by atoms with E-state index in [1.165, 1.54) is 12.1 Å². The first kappa shape index (κ1) is 14.0. The summed E-state index contributed by atoms with van der Waals surface area (Å²) in [7, 11) is 0. The van der Waals surface area contributed by atoms with Crippen LogP contribution in [0.2, 0.25) is 5.02 Å². The summed E-state index contributed by atoms with van der Waals surface area (Å²) in [5, 5.41) is 2.99. The molecule has 2 nitrogen and oxygen atoms in total. The van der Waals surface area contributed by atoms with E-state index < -0.39 is 5.82 Å². The van der Waals surface area contributed by atoms with E-state index in [0.29, 0.717) is 15.1 Å². The van der Waals surface area contributed by atoms with Crippen molar-refractivity contribution in [1.29, 1.82) is 0 Å². The van der Waals surface area contributed by atoms with Gasteiger partial charge < -0.3 is 5.32 Å². The van der Waals surface area contributed by atoms with E-state index in [-0.39, 0.29) is 11.6 Å². The largest absolute Gasteiger partial charge is 0.319 e. The summed E-state index contributed by atoms with van der Waals surface area (Å²) < 4.78 is 14.2. The summed E-state index contributed by atoms with van der Waals surface area (Å²) in [5.74, 6) is -0.886. The highest BCUT2D eigenvalue weighted by atomic mass is 79.9. The van der Waals surface area contributed by atoms with Gasteiger partial charge in [0.2, 0.25) is 0 Å². The Morgan fingerprint density at radius 1 is 1.26 bits per heavy atom. The first-order chi connectivity index (χ1) is 8.97. The van der Waals surface area contributed by atoms with Crippen LogP contribution in [0, 0.1) is 12.7 Å². The molecule has 0 radical (unpaired) electrons. The van der Waals surface area contributed by atoms with Crippen LogP contribution >= 0.6 is 27.5 Å². The average molecular weight is 343 g/mol. The SMILES string of the molecule is Cc1ccc(Cl)cc1C(=O)Nc1ccc(Br)cc1F. The average Bonchev–Trinajstić information content (AvgIpc) is 2.35. The molecule has 98 valence electrons. The molecule has 0 heterocycles. The molecule has 1 amide bonds. The van der Waals surface area contributed by atoms with Gasteiger partial charge in [-0.1, -0.05) is 33.6 Å². The Bertz CT molecular complexity index is 645. The quantitative estimate of drug-likeness (QED) is 0.834. The van der Waals surface area contributed by atoms with Crippen LogP contribution in [0.15, 0.2) is 40.9 Å². The summed E-state index contributed by atoms with van der Waals surface area (Å²) in [6, 6.07) is 9.45. The highest BCUT2D eigenvalue weighted by Crippen LogP contribution is 2.21. The lowest BCUT2D eigenvalue weighted by molar-refractivity contribution is 0.102. The van der Waals surface area contributed by atoms with Crippen molar-refractivity contribution >= 4 is 39.1 Å². The molecule has 1 N–H and O–H groups in total. The molecule has 2 aromatic carbocycles. The van der Waals surface area contributed by atoms with Crippen LogP contribution in [0.3, 0.4) is 0 Å². The number of carbonyl (C=O) groups is 1. The van der Waals surface area contributed by atoms with Crippen LogP contribution in [0.25, 0.3) is 0 Å². The number of halogens is 3. The van der Waals surface area contributed by atoms with E-state index in [2.05, 4.69) is 21.2 Å². The second kappa shape index (κ2) is 5.72. The molecule has 0 unspecified atom stereocenters. The molecule has 0 aliphatic rings. The third kappa shape index (κ3) is 3.33. The zero-order valence-corrected chi connectivity index (χ0v) is 12.3. The zero-order chi connectivity index (χ0) is 14.0. The Labute approximate surface area is 123 Å². The first-order valence-electron chi connectivity index (χ1n) is 5.50. The fraction of sp³-hybridized carbons (Fsp3) is 0.0714. The molecule has 0 fully saturated rings. The number of hydrogen-bond acceptors (Lipinski definition) is 1. The monoisotopic (exact) mass is 341 g/mol. The number of carbonyl (C=O) groups excluding carboxylic acids is 1. The van der Waals surface area contributed by atoms with Gasteiger partial charge in [-0.3, -0.25) is 4.79 Å². The van der Waals surface area contributed by atoms with Crippen molar-refractivity contribution in [3.63, 3.8) is 0 Å². The number of rotatable bonds is 2. The van der Waals surface area contributed by atoms with E-state index in [9.17, 15) is 9.18 Å². The second-order valence-corrected chi connectivity index (χ2v) is 5.39. The molecule has 0 atom stereocenters. The van der Waals surface area contributed by atoms with Gasteiger partial charge in [0.05, 0.1) is 5.69 Å². The molecule has 0 spiro atoms. The van der Waals surface area contributed by atoms with Gasteiger partial charge in [-0.25, -0.2) is 4.39 Å². The van der Waals surface area contributed by atoms with Gasteiger partial charge >= 0.3 is 0 Å². The maximum absolute atomic E-state index is 13.6. The van der Waals surface area contributed by atoms with Gasteiger partial charge in [-0.15, -0.1) is 0 Å². The molecule has 0 aromatic heterocycles. The van der Waals surface area contributed by atoms with Gasteiger partial charge in [0.15, 0.2) is 0 Å². The molecule has 19 heavy (non-hydrogen) atoms. The molecule has 0 aliphatic heterocycles. The normalized spacial score (nSPS) is 10.3. The van der Waals surface area contributed by atoms with E-state index in [4.69, 9.17) is 11.6 Å². The summed E-state index contributed by atoms with van der Waals surface area (Å²) >= 11 is 9.01. The zero-order valence-electron chi connectivity index (χ0n) is 10.0. The minimum absolute atomic E-state index is 0.132. The predicted molar refractivity (Wildman–Crippen MR) is 78.2 cm³/mol. The van der Waals surface area contributed by atoms with Crippen molar-refractivity contribution in [1.82, 2.24) is 0 Å². The number of amides is 1. The number of nitrogens with one attached hydrogen (secondary N) is 1. The summed E-state index contributed by atoms with van der Waals surface area (Å²) in [4.78, 5) is 12.1. The molecule has 2 aromatic rings. The van der Waals surface area contributed by atoms with Gasteiger partial charge in [-0.05, 0) is 42.8 Å². The topological polar surface area (TPSA) is 29.1 Å². The van der Waals surface area contributed by atoms with Gasteiger partial charge in [0, 0.05) is 15.1 Å². The van der Waals surface area contributed by atoms with Crippen molar-refractivity contribution in [2.24, 2.45) is 0 Å². The molecule has 0 saturated carbocycles. The smallest absolute Gasteiger partial charge is 0.256 e. The Morgan fingerprint density at radius 3 is 2.68 bits per heavy atom. The summed E-state index contributed by atoms with van der Waals surface area (Å²) in [6.07, 6.45) is 0. The fourth-order valence-electron chi connectivity index (χ4n) is 1.62. The van der Waals surface area contributed by atoms with Gasteiger partial charge in [-0.2, -0.15) is 0 Å². The van der Waals surface area contributed by atoms with Crippen LogP contribution in [0.5, 0.6) is 0 Å². The van der Waals surface area contributed by atoms with Crippen LogP contribution in [0.4, 0.5) is 10.1 Å². The fourth-order valence-corrected chi connectivity index (χ4v) is 2.12. The van der Waals surface area contributed by atoms with Gasteiger partial charge in [0.25, 0.3) is 5.91 Å². The van der Waals surface area contributed by atoms with Gasteiger partial charge in [0.1, 0.15) is 5.82 Å². The Balaban J connectivity index is 2.28. The lowest BCUT2D eigenvalue weighted by atomic mass is 10.1. The Morgan fingerprint density at radius 2 is 2.00 bits per heavy atom. The van der Waals surface area contributed by atoms with E-state index in [1.807, 2.05) is 0 Å². The molecular formula is C14H10BrClFNO. The lowest BCUT2D eigenvalue weighted by Gasteiger charge is -2.09. The lowest BCUT2D eigenvalue weighted by Crippen LogP contribution is -2.14. The van der Waals surface area contributed by atoms with Crippen molar-refractivity contribution in [2.75, 3.05) is 5.32 Å². The van der Waals surface area contributed by atoms with E-state index >= 15 is 0 Å². The molecule has 2 rings (SSSR count). The maximum atomic E-state index is 13.6. The van der Waals surface area contributed by atoms with Crippen molar-refractivity contribution in [3.8, 4) is 0 Å². The molecule has 0 bridgehead atoms. The molecular weight excluding hydrogens is 333 g/mol. The van der Waals surface area contributed by atoms with Crippen molar-refractivity contribution in [3.05, 3.63) is 62.8 Å². The van der Waals surface area contributed by atoms with Crippen LogP contribution < -0.4 is 5.32 Å². The minimum atomic E-state index is -0.498. The molecule has 0 aliphatic carbocycles. The molecule has 5 heteroatoms. The van der Waals surface area contributed by atoms with Crippen LogP contribution in [-0.2, 0) is 0 Å². The Kier molecular flexibility index (Phi) is 4.22. The number of benzene rings is 2. The summed E-state index contributed by atoms with van der Waals surface area (Å²) in [5.41, 5.74) is 1.34. The third-order valence-electron chi connectivity index (χ3n) is 2.62. The predicted octanol–water partition coefficient (Wildman–Crippen LogP) is 4.80. The minimum Gasteiger partial charge on any atom is -0.319 e. The molecule has 0 saturated heterocycles. The Hall–Kier alpha value is -1.39. The highest BCUT2D eigenvalue weighted by Gasteiger charge is 2.12. The highest BCUT2D eigenvalue weighted by molar-refractivity contribution is 9.10. The maximum Gasteiger partial charge on any atom is 0.256 e. The van der Waals surface area contributed by atoms with Crippen LogP contribution in [-0.4, -0.2) is 5.91 Å². The summed E-state index contributed by atoms with van der Waals surface area (Å²) in [6.45, 7) is 1.79. The second-order valence-electron chi connectivity index (χ2n) is 4.04. The standard InChI is InChI=1S/C14H10BrClFNO/c1-8-2-4-10(16)7-11(8)14(19)18-13-5-3-9(15)6-12(13)17/h2-7H,1H3,(H,18,19). The number of hydrogen-bond donors (Lipinski definition) is 1. The van der Waals surface area contributed by atoms with Crippen LogP contribution in [0.1, 0.15) is 15.9 Å². The third-order valence-corrected chi connectivity index (χ3v) is 3.35. The number of anilines is 1. The van der Waals surface area contributed by atoms with Crippen molar-refractivity contribution in [2.45, 2.75) is 6.92 Å².